The Bertz CT molecular complexity index is 1090. The number of carbonyl (C=O) groups excluding carboxylic acids is 1. The van der Waals surface area contributed by atoms with E-state index in [0.29, 0.717) is 21.8 Å². The zero-order valence-electron chi connectivity index (χ0n) is 13.9. The Labute approximate surface area is 153 Å². The van der Waals surface area contributed by atoms with Gasteiger partial charge in [0.25, 0.3) is 5.56 Å². The van der Waals surface area contributed by atoms with Crippen LogP contribution in [-0.4, -0.2) is 15.4 Å². The minimum atomic E-state index is -0.512. The lowest BCUT2D eigenvalue weighted by atomic mass is 10.0. The van der Waals surface area contributed by atoms with Crippen molar-refractivity contribution < 1.29 is 9.53 Å². The maximum atomic E-state index is 12.5. The Morgan fingerprint density at radius 1 is 1.27 bits per heavy atom. The Hall–Kier alpha value is -2.98. The summed E-state index contributed by atoms with van der Waals surface area (Å²) in [5.74, 6) is -0.512. The summed E-state index contributed by atoms with van der Waals surface area (Å²) in [6, 6.07) is 9.63. The Morgan fingerprint density at radius 3 is 2.81 bits per heavy atom. The largest absolute Gasteiger partial charge is 0.456 e. The highest BCUT2D eigenvalue weighted by Crippen LogP contribution is 2.28. The predicted octanol–water partition coefficient (Wildman–Crippen LogP) is 2.86. The molecular weight excluding hydrogens is 350 g/mol. The summed E-state index contributed by atoms with van der Waals surface area (Å²) in [6.45, 7) is -0.0624. The van der Waals surface area contributed by atoms with Crippen molar-refractivity contribution in [3.8, 4) is 6.07 Å². The van der Waals surface area contributed by atoms with Gasteiger partial charge in [-0.15, -0.1) is 11.3 Å². The number of hydrogen-bond acceptors (Lipinski definition) is 6. The van der Waals surface area contributed by atoms with Crippen LogP contribution >= 0.6 is 11.3 Å². The van der Waals surface area contributed by atoms with Gasteiger partial charge >= 0.3 is 5.97 Å². The van der Waals surface area contributed by atoms with Crippen molar-refractivity contribution in [2.24, 2.45) is 0 Å². The molecule has 2 heterocycles. The molecule has 0 atom stereocenters. The van der Waals surface area contributed by atoms with Gasteiger partial charge in [-0.3, -0.25) is 9.20 Å². The van der Waals surface area contributed by atoms with Crippen LogP contribution in [0.25, 0.3) is 4.96 Å². The number of aryl methyl sites for hydroxylation is 2. The molecule has 0 fully saturated rings. The zero-order chi connectivity index (χ0) is 18.1. The van der Waals surface area contributed by atoms with Crippen molar-refractivity contribution in [1.82, 2.24) is 9.38 Å². The van der Waals surface area contributed by atoms with Gasteiger partial charge in [-0.2, -0.15) is 5.26 Å². The third-order valence-corrected chi connectivity index (χ3v) is 5.56. The van der Waals surface area contributed by atoms with E-state index in [4.69, 9.17) is 10.00 Å². The molecule has 1 aromatic carbocycles. The summed E-state index contributed by atoms with van der Waals surface area (Å²) in [6.07, 6.45) is 4.13. The number of esters is 1. The number of benzene rings is 1. The van der Waals surface area contributed by atoms with Crippen molar-refractivity contribution >= 4 is 22.3 Å². The van der Waals surface area contributed by atoms with Crippen LogP contribution in [0.15, 0.2) is 35.1 Å². The first-order valence-electron chi connectivity index (χ1n) is 8.36. The molecule has 0 spiro atoms. The number of aromatic nitrogens is 2. The van der Waals surface area contributed by atoms with E-state index in [-0.39, 0.29) is 12.2 Å². The number of carbonyl (C=O) groups is 1. The highest BCUT2D eigenvalue weighted by Gasteiger charge is 2.18. The van der Waals surface area contributed by atoms with Crippen LogP contribution in [0.1, 0.15) is 45.0 Å². The third kappa shape index (κ3) is 3.00. The van der Waals surface area contributed by atoms with Crippen LogP contribution in [0.3, 0.4) is 0 Å². The maximum absolute atomic E-state index is 12.5. The molecule has 0 unspecified atom stereocenters. The second kappa shape index (κ2) is 6.73. The fourth-order valence-corrected chi connectivity index (χ4v) is 4.35. The lowest BCUT2D eigenvalue weighted by molar-refractivity contribution is 0.0468. The summed E-state index contributed by atoms with van der Waals surface area (Å²) in [5, 5.41) is 8.79. The molecule has 2 aromatic heterocycles. The molecule has 7 heteroatoms. The standard InChI is InChI=1S/C19H15N3O3S/c20-10-12-5-7-13(8-6-12)18(24)25-11-14-9-17(23)22-15-3-1-2-4-16(15)26-19(22)21-14/h5-9H,1-4,11H2. The molecule has 0 saturated heterocycles. The van der Waals surface area contributed by atoms with Gasteiger partial charge in [-0.1, -0.05) is 0 Å². The molecule has 3 aromatic rings. The van der Waals surface area contributed by atoms with Crippen LogP contribution in [0.4, 0.5) is 0 Å². The Morgan fingerprint density at radius 2 is 2.04 bits per heavy atom. The van der Waals surface area contributed by atoms with E-state index in [9.17, 15) is 9.59 Å². The number of thiazole rings is 1. The molecule has 0 amide bonds. The van der Waals surface area contributed by atoms with Crippen molar-refractivity contribution in [3.05, 3.63) is 68.1 Å². The number of fused-ring (bicyclic) bond motifs is 3. The topological polar surface area (TPSA) is 84.5 Å². The van der Waals surface area contributed by atoms with E-state index in [1.165, 1.54) is 10.9 Å². The van der Waals surface area contributed by atoms with Gasteiger partial charge in [0.15, 0.2) is 4.96 Å². The van der Waals surface area contributed by atoms with E-state index in [1.54, 1.807) is 40.0 Å². The number of ether oxygens (including phenoxy) is 1. The van der Waals surface area contributed by atoms with Gasteiger partial charge in [0, 0.05) is 16.6 Å². The minimum Gasteiger partial charge on any atom is -0.456 e. The molecule has 130 valence electrons. The van der Waals surface area contributed by atoms with Gasteiger partial charge in [0.1, 0.15) is 6.61 Å². The normalized spacial score (nSPS) is 13.2. The first-order valence-corrected chi connectivity index (χ1v) is 9.18. The number of rotatable bonds is 3. The molecule has 0 saturated carbocycles. The molecule has 4 rings (SSSR count). The number of nitriles is 1. The van der Waals surface area contributed by atoms with Gasteiger partial charge in [0.2, 0.25) is 0 Å². The van der Waals surface area contributed by atoms with Crippen molar-refractivity contribution in [2.75, 3.05) is 0 Å². The van der Waals surface area contributed by atoms with Gasteiger partial charge in [-0.25, -0.2) is 9.78 Å². The van der Waals surface area contributed by atoms with Crippen LogP contribution in [0.2, 0.25) is 0 Å². The van der Waals surface area contributed by atoms with Crippen LogP contribution in [0, 0.1) is 11.3 Å². The van der Waals surface area contributed by atoms with E-state index in [1.807, 2.05) is 6.07 Å². The molecule has 0 aliphatic heterocycles. The Kier molecular flexibility index (Phi) is 4.27. The van der Waals surface area contributed by atoms with E-state index in [2.05, 4.69) is 4.98 Å². The van der Waals surface area contributed by atoms with Gasteiger partial charge in [-0.05, 0) is 49.9 Å². The van der Waals surface area contributed by atoms with Crippen LogP contribution in [-0.2, 0) is 24.2 Å². The second-order valence-electron chi connectivity index (χ2n) is 6.15. The molecule has 0 radical (unpaired) electrons. The summed E-state index contributed by atoms with van der Waals surface area (Å²) in [4.78, 5) is 31.0. The second-order valence-corrected chi connectivity index (χ2v) is 7.21. The van der Waals surface area contributed by atoms with E-state index < -0.39 is 5.97 Å². The zero-order valence-corrected chi connectivity index (χ0v) is 14.7. The number of nitrogens with zero attached hydrogens (tertiary/aromatic N) is 3. The number of hydrogen-bond donors (Lipinski definition) is 0. The summed E-state index contributed by atoms with van der Waals surface area (Å²) >= 11 is 1.54. The quantitative estimate of drug-likeness (QED) is 0.666. The van der Waals surface area contributed by atoms with Crippen molar-refractivity contribution in [2.45, 2.75) is 32.3 Å². The fraction of sp³-hybridized carbons (Fsp3) is 0.263. The molecule has 6 nitrogen and oxygen atoms in total. The first kappa shape index (κ1) is 16.5. The van der Waals surface area contributed by atoms with Crippen molar-refractivity contribution in [1.29, 1.82) is 5.26 Å². The molecule has 26 heavy (non-hydrogen) atoms. The smallest absolute Gasteiger partial charge is 0.338 e. The highest BCUT2D eigenvalue weighted by molar-refractivity contribution is 7.17. The molecule has 0 bridgehead atoms. The van der Waals surface area contributed by atoms with Crippen LogP contribution < -0.4 is 5.56 Å². The fourth-order valence-electron chi connectivity index (χ4n) is 3.12. The predicted molar refractivity (Wildman–Crippen MR) is 96.3 cm³/mol. The maximum Gasteiger partial charge on any atom is 0.338 e. The lowest BCUT2D eigenvalue weighted by Gasteiger charge is -2.10. The first-order chi connectivity index (χ1) is 12.7. The SMILES string of the molecule is N#Cc1ccc(C(=O)OCc2cc(=O)n3c4c(sc3n2)CCCC4)cc1. The van der Waals surface area contributed by atoms with Crippen molar-refractivity contribution in [3.63, 3.8) is 0 Å². The molecule has 1 aliphatic rings. The average Bonchev–Trinajstić information content (AvgIpc) is 3.05. The van der Waals surface area contributed by atoms with E-state index >= 15 is 0 Å². The Balaban J connectivity index is 1.55. The molecule has 0 N–H and O–H groups in total. The monoisotopic (exact) mass is 365 g/mol. The lowest BCUT2D eigenvalue weighted by Crippen LogP contribution is -2.18. The summed E-state index contributed by atoms with van der Waals surface area (Å²) < 4.78 is 6.95. The highest BCUT2D eigenvalue weighted by atomic mass is 32.1. The van der Waals surface area contributed by atoms with Crippen LogP contribution in [0.5, 0.6) is 0 Å². The van der Waals surface area contributed by atoms with E-state index in [0.717, 1.165) is 31.4 Å². The minimum absolute atomic E-state index is 0.0624. The average molecular weight is 365 g/mol. The molecule has 1 aliphatic carbocycles. The van der Waals surface area contributed by atoms with Gasteiger partial charge < -0.3 is 4.74 Å². The summed E-state index contributed by atoms with van der Waals surface area (Å²) in [5.41, 5.74) is 2.22. The van der Waals surface area contributed by atoms with Gasteiger partial charge in [0.05, 0.1) is 22.9 Å². The third-order valence-electron chi connectivity index (χ3n) is 4.42. The molecular formula is C19H15N3O3S. The summed E-state index contributed by atoms with van der Waals surface area (Å²) in [7, 11) is 0.